The number of rotatable bonds is 3. The largest absolute Gasteiger partial charge is 0.530 e. The number of nitrogens with zero attached hydrogens (tertiary/aromatic N) is 2. The molecule has 0 unspecified atom stereocenters. The zero-order chi connectivity index (χ0) is 15.1. The summed E-state index contributed by atoms with van der Waals surface area (Å²) in [7, 11) is 7.03. The zero-order valence-electron chi connectivity index (χ0n) is 12.4. The maximum atomic E-state index is 9.51. The van der Waals surface area contributed by atoms with Gasteiger partial charge in [-0.2, -0.15) is 0 Å². The van der Waals surface area contributed by atoms with E-state index in [4.69, 9.17) is 5.11 Å². The van der Waals surface area contributed by atoms with E-state index >= 15 is 0 Å². The lowest BCUT2D eigenvalue weighted by atomic mass is 10.2. The number of quaternary nitrogens is 1. The Morgan fingerprint density at radius 2 is 1.75 bits per heavy atom. The van der Waals surface area contributed by atoms with Gasteiger partial charge < -0.3 is 19.9 Å². The molecule has 0 saturated heterocycles. The summed E-state index contributed by atoms with van der Waals surface area (Å²) in [5.74, 6) is 0.308. The molecule has 0 heterocycles. The maximum absolute atomic E-state index is 9.51. The predicted octanol–water partition coefficient (Wildman–Crippen LogP) is 1.65. The molecule has 0 atom stereocenters. The number of hydrogen-bond donors (Lipinski definition) is 1. The van der Waals surface area contributed by atoms with Crippen molar-refractivity contribution in [1.29, 1.82) is 0 Å². The van der Waals surface area contributed by atoms with Crippen LogP contribution in [-0.2, 0) is 0 Å². The second kappa shape index (κ2) is 9.60. The number of amides is 1. The Morgan fingerprint density at radius 3 is 2.05 bits per heavy atom. The number of carboxylic acid groups (broad SMARTS) is 1. The molecule has 0 aliphatic carbocycles. The van der Waals surface area contributed by atoms with Crippen LogP contribution in [0.1, 0.15) is 0 Å². The molecule has 1 aromatic rings. The number of phenols is 1. The monoisotopic (exact) mass is 394 g/mol. The predicted molar refractivity (Wildman–Crippen MR) is 91.3 cm³/mol. The number of carbonyl (C=O) groups excluding carboxylic acids is 1. The van der Waals surface area contributed by atoms with Gasteiger partial charge in [0.2, 0.25) is 0 Å². The van der Waals surface area contributed by atoms with Crippen molar-refractivity contribution in [2.45, 2.75) is 0 Å². The van der Waals surface area contributed by atoms with E-state index in [1.807, 2.05) is 18.2 Å². The molecule has 1 aromatic carbocycles. The van der Waals surface area contributed by atoms with Crippen molar-refractivity contribution in [2.75, 3.05) is 34.7 Å². The third-order valence-electron chi connectivity index (χ3n) is 2.50. The summed E-state index contributed by atoms with van der Waals surface area (Å²) in [5.41, 5.74) is 1.16. The molecule has 1 rings (SSSR count). The van der Waals surface area contributed by atoms with Crippen LogP contribution in [0.2, 0.25) is 0 Å². The Labute approximate surface area is 137 Å². The van der Waals surface area contributed by atoms with Crippen molar-refractivity contribution in [3.63, 3.8) is 0 Å². The van der Waals surface area contributed by atoms with Crippen LogP contribution in [0.15, 0.2) is 36.9 Å². The Kier molecular flexibility index (Phi) is 10.1. The molecule has 0 radical (unpaired) electrons. The van der Waals surface area contributed by atoms with Crippen LogP contribution in [0.3, 0.4) is 0 Å². The van der Waals surface area contributed by atoms with Gasteiger partial charge in [-0.25, -0.2) is 0 Å². The van der Waals surface area contributed by atoms with E-state index in [1.54, 1.807) is 12.1 Å². The van der Waals surface area contributed by atoms with Crippen molar-refractivity contribution < 1.29 is 15.0 Å². The van der Waals surface area contributed by atoms with Gasteiger partial charge in [-0.05, 0) is 18.2 Å². The minimum Gasteiger partial charge on any atom is -0.530 e. The molecular weight excluding hydrogens is 371 g/mol. The smallest absolute Gasteiger partial charge is 0.136 e. The quantitative estimate of drug-likeness (QED) is 0.482. The van der Waals surface area contributed by atoms with Gasteiger partial charge in [0.05, 0.1) is 14.1 Å². The summed E-state index contributed by atoms with van der Waals surface area (Å²) in [4.78, 5) is 10.5. The third-order valence-corrected chi connectivity index (χ3v) is 2.50. The first-order valence-corrected chi connectivity index (χ1v) is 5.82. The Morgan fingerprint density at radius 1 is 1.35 bits per heavy atom. The molecule has 20 heavy (non-hydrogen) atoms. The molecule has 0 aliphatic heterocycles. The van der Waals surface area contributed by atoms with Crippen molar-refractivity contribution in [1.82, 2.24) is 9.38 Å². The van der Waals surface area contributed by atoms with Crippen LogP contribution in [0.5, 0.6) is 5.75 Å². The molecule has 0 fully saturated rings. The van der Waals surface area contributed by atoms with Crippen molar-refractivity contribution in [3.8, 4) is 5.75 Å². The van der Waals surface area contributed by atoms with Gasteiger partial charge in [0, 0.05) is 26.2 Å². The van der Waals surface area contributed by atoms with E-state index in [1.165, 1.54) is 14.1 Å². The van der Waals surface area contributed by atoms with Gasteiger partial charge in [0.1, 0.15) is 24.1 Å². The van der Waals surface area contributed by atoms with Gasteiger partial charge in [0.25, 0.3) is 0 Å². The highest BCUT2D eigenvalue weighted by Crippen LogP contribution is 2.21. The summed E-state index contributed by atoms with van der Waals surface area (Å²) < 4.78 is 0.754. The van der Waals surface area contributed by atoms with E-state index < -0.39 is 6.09 Å². The van der Waals surface area contributed by atoms with Crippen LogP contribution in [0, 0.1) is 0 Å². The number of halogens is 1. The van der Waals surface area contributed by atoms with E-state index in [0.717, 1.165) is 21.6 Å². The Hall–Kier alpha value is -1.28. The molecule has 0 aromatic heterocycles. The topological polar surface area (TPSA) is 63.6 Å². The minimum atomic E-state index is -1.16. The lowest BCUT2D eigenvalue weighted by molar-refractivity contribution is -0.262. The van der Waals surface area contributed by atoms with Gasteiger partial charge in [-0.1, -0.05) is 6.58 Å². The molecule has 1 N–H and O–H groups in total. The van der Waals surface area contributed by atoms with Gasteiger partial charge in [0.15, 0.2) is 0 Å². The summed E-state index contributed by atoms with van der Waals surface area (Å²) in [6.07, 6.45) is 0.738. The first-order chi connectivity index (χ1) is 8.70. The molecule has 6 heteroatoms. The van der Waals surface area contributed by atoms with Crippen LogP contribution < -0.4 is 9.59 Å². The van der Waals surface area contributed by atoms with Crippen molar-refractivity contribution in [3.05, 3.63) is 36.9 Å². The lowest BCUT2D eigenvalue weighted by Crippen LogP contribution is -2.40. The molecular formula is C14H23IN2O3. The van der Waals surface area contributed by atoms with Crippen molar-refractivity contribution >= 4 is 35.8 Å². The number of carbonyl (C=O) groups is 1. The maximum Gasteiger partial charge on any atom is 0.136 e. The molecule has 5 nitrogen and oxygen atoms in total. The summed E-state index contributed by atoms with van der Waals surface area (Å²) in [5, 5.41) is 18.6. The summed E-state index contributed by atoms with van der Waals surface area (Å²) >= 11 is 0. The normalized spacial score (nSPS) is 9.60. The van der Waals surface area contributed by atoms with E-state index in [-0.39, 0.29) is 24.0 Å². The second-order valence-corrected chi connectivity index (χ2v) is 4.83. The standard InChI is InChI=1S/C11H15NO.C3H7NO2.HI/c1-4-9-12(2,3)10-5-7-11(13)8-6-10;1-4(2)3(5)6;/h4-8H,1,9H2,2-3H3;1-2H3,(H,5,6);1H. The highest BCUT2D eigenvalue weighted by atomic mass is 127. The first-order valence-electron chi connectivity index (χ1n) is 5.82. The minimum absolute atomic E-state index is 0. The van der Waals surface area contributed by atoms with Crippen LogP contribution in [-0.4, -0.2) is 50.8 Å². The fraction of sp³-hybridized carbons (Fsp3) is 0.357. The van der Waals surface area contributed by atoms with Gasteiger partial charge >= 0.3 is 0 Å². The zero-order valence-corrected chi connectivity index (χ0v) is 14.7. The van der Waals surface area contributed by atoms with Crippen molar-refractivity contribution in [2.24, 2.45) is 0 Å². The molecule has 0 aliphatic rings. The lowest BCUT2D eigenvalue weighted by Gasteiger charge is -2.27. The highest BCUT2D eigenvalue weighted by Gasteiger charge is 2.15. The number of aromatic hydroxyl groups is 1. The van der Waals surface area contributed by atoms with E-state index in [2.05, 4.69) is 20.7 Å². The average molecular weight is 394 g/mol. The fourth-order valence-electron chi connectivity index (χ4n) is 1.28. The molecule has 0 bridgehead atoms. The summed E-state index contributed by atoms with van der Waals surface area (Å²) in [6, 6.07) is 7.27. The second-order valence-electron chi connectivity index (χ2n) is 4.83. The van der Waals surface area contributed by atoms with Crippen LogP contribution >= 0.6 is 24.0 Å². The third kappa shape index (κ3) is 8.00. The number of phenolic OH excluding ortho intramolecular Hbond substituents is 1. The highest BCUT2D eigenvalue weighted by molar-refractivity contribution is 14.0. The average Bonchev–Trinajstić information content (AvgIpc) is 2.30. The van der Waals surface area contributed by atoms with Crippen LogP contribution in [0.25, 0.3) is 0 Å². The molecule has 114 valence electrons. The first kappa shape index (κ1) is 21.0. The van der Waals surface area contributed by atoms with E-state index in [0.29, 0.717) is 5.75 Å². The molecule has 0 spiro atoms. The number of hydrogen-bond acceptors (Lipinski definition) is 3. The Balaban J connectivity index is 0. The summed E-state index contributed by atoms with van der Waals surface area (Å²) in [6.45, 7) is 4.60. The van der Waals surface area contributed by atoms with Gasteiger partial charge in [-0.15, -0.1) is 24.0 Å². The Bertz CT molecular complexity index is 417. The molecule has 1 amide bonds. The number of benzene rings is 1. The number of likely N-dealkylation sites (N-methyl/N-ethyl adjacent to an activating group) is 1. The van der Waals surface area contributed by atoms with Gasteiger partial charge in [-0.3, -0.25) is 4.48 Å². The van der Waals surface area contributed by atoms with Crippen LogP contribution in [0.4, 0.5) is 10.5 Å². The fourth-order valence-corrected chi connectivity index (χ4v) is 1.28. The molecule has 0 saturated carbocycles. The van der Waals surface area contributed by atoms with E-state index in [9.17, 15) is 9.90 Å². The SMILES string of the molecule is C=CC[N+](C)(C)c1ccc(O)cc1.CN(C)C(=O)[O-].I.